The summed E-state index contributed by atoms with van der Waals surface area (Å²) in [5.74, 6) is -0.732. The lowest BCUT2D eigenvalue weighted by Gasteiger charge is -2.15. The second-order valence-electron chi connectivity index (χ2n) is 5.49. The monoisotopic (exact) mass is 440 g/mol. The molecular formula is C16H13Cl2F3N2O3S. The van der Waals surface area contributed by atoms with Gasteiger partial charge in [-0.2, -0.15) is 17.9 Å². The fourth-order valence-electron chi connectivity index (χ4n) is 2.02. The number of amides is 1. The molecule has 0 radical (unpaired) electrons. The van der Waals surface area contributed by atoms with Gasteiger partial charge in [0.2, 0.25) is 15.9 Å². The third-order valence-corrected chi connectivity index (χ3v) is 5.66. The van der Waals surface area contributed by atoms with E-state index in [1.807, 2.05) is 4.72 Å². The maximum absolute atomic E-state index is 12.8. The molecule has 0 unspecified atom stereocenters. The fourth-order valence-corrected chi connectivity index (χ4v) is 3.56. The van der Waals surface area contributed by atoms with Crippen molar-refractivity contribution in [2.75, 3.05) is 5.32 Å². The van der Waals surface area contributed by atoms with Crippen molar-refractivity contribution in [3.05, 3.63) is 58.1 Å². The van der Waals surface area contributed by atoms with E-state index in [2.05, 4.69) is 5.32 Å². The van der Waals surface area contributed by atoms with Gasteiger partial charge in [0, 0.05) is 5.69 Å². The number of carbonyl (C=O) groups is 1. The predicted molar refractivity (Wildman–Crippen MR) is 96.3 cm³/mol. The Morgan fingerprint density at radius 3 is 2.33 bits per heavy atom. The Balaban J connectivity index is 2.14. The second kappa shape index (κ2) is 8.05. The van der Waals surface area contributed by atoms with Crippen LogP contribution in [0.25, 0.3) is 0 Å². The van der Waals surface area contributed by atoms with Gasteiger partial charge in [-0.25, -0.2) is 8.42 Å². The number of benzene rings is 2. The topological polar surface area (TPSA) is 75.3 Å². The largest absolute Gasteiger partial charge is 0.416 e. The number of halogens is 5. The highest BCUT2D eigenvalue weighted by Gasteiger charge is 2.32. The summed E-state index contributed by atoms with van der Waals surface area (Å²) < 4.78 is 64.8. The average Bonchev–Trinajstić information content (AvgIpc) is 2.57. The third kappa shape index (κ3) is 5.58. The molecule has 0 heterocycles. The highest BCUT2D eigenvalue weighted by molar-refractivity contribution is 7.89. The molecule has 0 spiro atoms. The van der Waals surface area contributed by atoms with Crippen LogP contribution in [0.3, 0.4) is 0 Å². The van der Waals surface area contributed by atoms with Gasteiger partial charge in [0.15, 0.2) is 0 Å². The van der Waals surface area contributed by atoms with E-state index < -0.39 is 38.6 Å². The smallest absolute Gasteiger partial charge is 0.325 e. The van der Waals surface area contributed by atoms with Gasteiger partial charge in [-0.1, -0.05) is 29.3 Å². The molecule has 0 saturated carbocycles. The van der Waals surface area contributed by atoms with Gasteiger partial charge in [0.25, 0.3) is 0 Å². The van der Waals surface area contributed by atoms with E-state index >= 15 is 0 Å². The van der Waals surface area contributed by atoms with Crippen LogP contribution in [0.4, 0.5) is 18.9 Å². The lowest BCUT2D eigenvalue weighted by atomic mass is 10.2. The molecule has 2 aromatic carbocycles. The molecule has 0 fully saturated rings. The van der Waals surface area contributed by atoms with Crippen LogP contribution in [0.1, 0.15) is 12.5 Å². The Labute approximate surface area is 163 Å². The summed E-state index contributed by atoms with van der Waals surface area (Å²) in [6.45, 7) is 1.25. The van der Waals surface area contributed by atoms with Crippen LogP contribution in [-0.2, 0) is 21.0 Å². The van der Waals surface area contributed by atoms with E-state index in [0.717, 1.165) is 18.2 Å². The maximum atomic E-state index is 12.8. The fraction of sp³-hybridized carbons (Fsp3) is 0.188. The lowest BCUT2D eigenvalue weighted by molar-refractivity contribution is -0.137. The Bertz CT molecular complexity index is 966. The van der Waals surface area contributed by atoms with E-state index in [4.69, 9.17) is 23.2 Å². The SMILES string of the molecule is C[C@@H](NS(=O)(=O)c1cccc(C(F)(F)F)c1)C(=O)Nc1ccc(Cl)c(Cl)c1. The predicted octanol–water partition coefficient (Wildman–Crippen LogP) is 4.32. The summed E-state index contributed by atoms with van der Waals surface area (Å²) in [4.78, 5) is 11.5. The molecular weight excluding hydrogens is 428 g/mol. The number of nitrogens with one attached hydrogen (secondary N) is 2. The van der Waals surface area contributed by atoms with Crippen molar-refractivity contribution in [2.45, 2.75) is 24.0 Å². The first-order chi connectivity index (χ1) is 12.4. The van der Waals surface area contributed by atoms with Gasteiger partial charge in [0.1, 0.15) is 0 Å². The highest BCUT2D eigenvalue weighted by atomic mass is 35.5. The standard InChI is InChI=1S/C16H13Cl2F3N2O3S/c1-9(15(24)22-11-5-6-13(17)14(18)8-11)23-27(25,26)12-4-2-3-10(7-12)16(19,20)21/h2-9,23H,1H3,(H,22,24)/t9-/m1/s1. The normalized spacial score (nSPS) is 13.3. The average molecular weight is 441 g/mol. The molecule has 0 bridgehead atoms. The minimum atomic E-state index is -4.69. The van der Waals surface area contributed by atoms with Gasteiger partial charge in [-0.15, -0.1) is 0 Å². The molecule has 0 aliphatic carbocycles. The molecule has 11 heteroatoms. The van der Waals surface area contributed by atoms with Crippen molar-refractivity contribution >= 4 is 44.8 Å². The minimum absolute atomic E-state index is 0.187. The first-order valence-electron chi connectivity index (χ1n) is 7.35. The van der Waals surface area contributed by atoms with Crippen LogP contribution in [0.5, 0.6) is 0 Å². The number of sulfonamides is 1. The number of alkyl halides is 3. The number of anilines is 1. The van der Waals surface area contributed by atoms with Gasteiger partial charge in [0.05, 0.1) is 26.5 Å². The molecule has 0 saturated heterocycles. The summed E-state index contributed by atoms with van der Waals surface area (Å²) >= 11 is 11.6. The molecule has 146 valence electrons. The molecule has 1 atom stereocenters. The van der Waals surface area contributed by atoms with E-state index in [0.29, 0.717) is 6.07 Å². The Morgan fingerprint density at radius 1 is 1.07 bits per heavy atom. The van der Waals surface area contributed by atoms with Crippen LogP contribution < -0.4 is 10.0 Å². The van der Waals surface area contributed by atoms with Crippen molar-refractivity contribution in [2.24, 2.45) is 0 Å². The molecule has 2 N–H and O–H groups in total. The van der Waals surface area contributed by atoms with Crippen LogP contribution >= 0.6 is 23.2 Å². The Morgan fingerprint density at radius 2 is 1.74 bits per heavy atom. The van der Waals surface area contributed by atoms with E-state index in [9.17, 15) is 26.4 Å². The summed E-state index contributed by atoms with van der Waals surface area (Å²) in [6.07, 6.45) is -4.69. The number of hydrogen-bond donors (Lipinski definition) is 2. The summed E-state index contributed by atoms with van der Waals surface area (Å²) in [6, 6.07) is 6.22. The second-order valence-corrected chi connectivity index (χ2v) is 8.02. The Hall–Kier alpha value is -1.81. The van der Waals surface area contributed by atoms with Crippen molar-refractivity contribution in [1.29, 1.82) is 0 Å². The number of rotatable bonds is 5. The number of hydrogen-bond acceptors (Lipinski definition) is 3. The Kier molecular flexibility index (Phi) is 6.41. The van der Waals surface area contributed by atoms with Gasteiger partial charge in [-0.05, 0) is 43.3 Å². The van der Waals surface area contributed by atoms with Gasteiger partial charge < -0.3 is 5.32 Å². The zero-order valence-corrected chi connectivity index (χ0v) is 16.0. The number of carbonyl (C=O) groups excluding carboxylic acids is 1. The van der Waals surface area contributed by atoms with Gasteiger partial charge in [-0.3, -0.25) is 4.79 Å². The quantitative estimate of drug-likeness (QED) is 0.726. The first kappa shape index (κ1) is 21.5. The minimum Gasteiger partial charge on any atom is -0.325 e. The summed E-state index contributed by atoms with van der Waals surface area (Å²) in [5, 5.41) is 2.89. The summed E-state index contributed by atoms with van der Waals surface area (Å²) in [7, 11) is -4.35. The van der Waals surface area contributed by atoms with Crippen LogP contribution in [-0.4, -0.2) is 20.4 Å². The third-order valence-electron chi connectivity index (χ3n) is 3.38. The van der Waals surface area contributed by atoms with Crippen molar-refractivity contribution in [3.63, 3.8) is 0 Å². The van der Waals surface area contributed by atoms with Crippen LogP contribution in [0.2, 0.25) is 10.0 Å². The van der Waals surface area contributed by atoms with Crippen LogP contribution in [0, 0.1) is 0 Å². The highest BCUT2D eigenvalue weighted by Crippen LogP contribution is 2.30. The van der Waals surface area contributed by atoms with Crippen molar-refractivity contribution < 1.29 is 26.4 Å². The van der Waals surface area contributed by atoms with Crippen LogP contribution in [0.15, 0.2) is 47.4 Å². The molecule has 27 heavy (non-hydrogen) atoms. The lowest BCUT2D eigenvalue weighted by Crippen LogP contribution is -2.41. The first-order valence-corrected chi connectivity index (χ1v) is 9.59. The van der Waals surface area contributed by atoms with E-state index in [1.54, 1.807) is 0 Å². The molecule has 1 amide bonds. The molecule has 0 aliphatic rings. The molecule has 2 rings (SSSR count). The maximum Gasteiger partial charge on any atom is 0.416 e. The zero-order chi connectivity index (χ0) is 20.4. The van der Waals surface area contributed by atoms with E-state index in [1.165, 1.54) is 25.1 Å². The molecule has 2 aromatic rings. The molecule has 0 aromatic heterocycles. The molecule has 0 aliphatic heterocycles. The summed E-state index contributed by atoms with van der Waals surface area (Å²) in [5.41, 5.74) is -0.835. The van der Waals surface area contributed by atoms with E-state index in [-0.39, 0.29) is 15.7 Å². The molecule has 5 nitrogen and oxygen atoms in total. The zero-order valence-electron chi connectivity index (χ0n) is 13.6. The van der Waals surface area contributed by atoms with Gasteiger partial charge >= 0.3 is 6.18 Å². The van der Waals surface area contributed by atoms with Crippen molar-refractivity contribution in [3.8, 4) is 0 Å². The van der Waals surface area contributed by atoms with Crippen molar-refractivity contribution in [1.82, 2.24) is 4.72 Å².